The smallest absolute Gasteiger partial charge is 0.225 e. The van der Waals surface area contributed by atoms with Crippen molar-refractivity contribution in [3.8, 4) is 5.75 Å². The molecule has 1 amide bonds. The number of hydrogen-bond donors (Lipinski definition) is 1. The average molecular weight is 391 g/mol. The van der Waals surface area contributed by atoms with Gasteiger partial charge in [-0.3, -0.25) is 4.79 Å². The topological polar surface area (TPSA) is 75.7 Å². The van der Waals surface area contributed by atoms with Crippen LogP contribution in [0.2, 0.25) is 0 Å². The van der Waals surface area contributed by atoms with Crippen molar-refractivity contribution in [3.63, 3.8) is 0 Å². The van der Waals surface area contributed by atoms with E-state index in [1.165, 1.54) is 17.7 Å². The molecule has 0 atom stereocenters. The third-order valence-electron chi connectivity index (χ3n) is 4.18. The van der Waals surface area contributed by atoms with E-state index in [0.29, 0.717) is 24.4 Å². The van der Waals surface area contributed by atoms with Gasteiger partial charge in [-0.05, 0) is 36.6 Å². The summed E-state index contributed by atoms with van der Waals surface area (Å²) in [6, 6.07) is 15.2. The Labute approximate surface area is 161 Å². The second-order valence-electron chi connectivity index (χ2n) is 6.40. The van der Waals surface area contributed by atoms with Crippen molar-refractivity contribution in [2.75, 3.05) is 31.8 Å². The second kappa shape index (κ2) is 9.53. The van der Waals surface area contributed by atoms with E-state index in [0.717, 1.165) is 11.1 Å². The van der Waals surface area contributed by atoms with E-state index in [1.54, 1.807) is 6.07 Å². The predicted molar refractivity (Wildman–Crippen MR) is 108 cm³/mol. The van der Waals surface area contributed by atoms with Gasteiger partial charge in [0.15, 0.2) is 0 Å². The van der Waals surface area contributed by atoms with Crippen LogP contribution in [0.3, 0.4) is 0 Å². The summed E-state index contributed by atoms with van der Waals surface area (Å²) in [5.74, 6) is 0.310. The number of ether oxygens (including phenoxy) is 1. The fraction of sp³-hybridized carbons (Fsp3) is 0.350. The minimum Gasteiger partial charge on any atom is -0.495 e. The van der Waals surface area contributed by atoms with Gasteiger partial charge in [0.1, 0.15) is 5.75 Å². The van der Waals surface area contributed by atoms with Gasteiger partial charge in [-0.1, -0.05) is 36.4 Å². The highest BCUT2D eigenvalue weighted by molar-refractivity contribution is 7.88. The molecule has 0 heterocycles. The molecule has 0 saturated carbocycles. The summed E-state index contributed by atoms with van der Waals surface area (Å²) >= 11 is 0. The van der Waals surface area contributed by atoms with E-state index in [-0.39, 0.29) is 18.9 Å². The molecule has 0 radical (unpaired) electrons. The molecule has 0 unspecified atom stereocenters. The van der Waals surface area contributed by atoms with Gasteiger partial charge in [0, 0.05) is 19.5 Å². The number of rotatable bonds is 9. The first-order valence-corrected chi connectivity index (χ1v) is 10.6. The fourth-order valence-corrected chi connectivity index (χ4v) is 3.55. The molecule has 7 heteroatoms. The van der Waals surface area contributed by atoms with Crippen LogP contribution in [0.4, 0.5) is 5.69 Å². The Morgan fingerprint density at radius 3 is 2.44 bits per heavy atom. The highest BCUT2D eigenvalue weighted by atomic mass is 32.2. The number of amides is 1. The number of carbonyl (C=O) groups excluding carboxylic acids is 1. The Balaban J connectivity index is 1.96. The zero-order valence-corrected chi connectivity index (χ0v) is 16.8. The molecular formula is C20H26N2O4S. The van der Waals surface area contributed by atoms with Crippen molar-refractivity contribution >= 4 is 21.6 Å². The van der Waals surface area contributed by atoms with E-state index in [2.05, 4.69) is 5.32 Å². The van der Waals surface area contributed by atoms with E-state index in [4.69, 9.17) is 4.74 Å². The van der Waals surface area contributed by atoms with Crippen LogP contribution >= 0.6 is 0 Å². The lowest BCUT2D eigenvalue weighted by Gasteiger charge is -2.20. The van der Waals surface area contributed by atoms with Gasteiger partial charge in [0.05, 0.1) is 19.1 Å². The lowest BCUT2D eigenvalue weighted by Crippen LogP contribution is -2.34. The highest BCUT2D eigenvalue weighted by Crippen LogP contribution is 2.25. The number of aryl methyl sites for hydroxylation is 1. The summed E-state index contributed by atoms with van der Waals surface area (Å²) in [7, 11) is -1.86. The fourth-order valence-electron chi connectivity index (χ4n) is 2.70. The van der Waals surface area contributed by atoms with Crippen LogP contribution in [0.25, 0.3) is 0 Å². The third kappa shape index (κ3) is 6.69. The quantitative estimate of drug-likeness (QED) is 0.714. The molecule has 0 aliphatic carbocycles. The highest BCUT2D eigenvalue weighted by Gasteiger charge is 2.18. The molecule has 0 bridgehead atoms. The Kier molecular flexibility index (Phi) is 7.38. The van der Waals surface area contributed by atoms with Gasteiger partial charge in [0.25, 0.3) is 0 Å². The lowest BCUT2D eigenvalue weighted by atomic mass is 10.1. The number of carbonyl (C=O) groups is 1. The van der Waals surface area contributed by atoms with Crippen LogP contribution in [0.1, 0.15) is 17.5 Å². The first-order chi connectivity index (χ1) is 12.8. The maximum atomic E-state index is 12.3. The van der Waals surface area contributed by atoms with Gasteiger partial charge in [0.2, 0.25) is 15.9 Å². The van der Waals surface area contributed by atoms with Crippen LogP contribution in [-0.4, -0.2) is 45.1 Å². The lowest BCUT2D eigenvalue weighted by molar-refractivity contribution is -0.116. The number of sulfonamides is 1. The number of nitrogens with zero attached hydrogens (tertiary/aromatic N) is 1. The molecule has 0 spiro atoms. The molecule has 0 fully saturated rings. The molecule has 2 aromatic carbocycles. The maximum Gasteiger partial charge on any atom is 0.225 e. The minimum absolute atomic E-state index is 0.0684. The molecule has 0 saturated heterocycles. The van der Waals surface area contributed by atoms with Crippen LogP contribution in [0.15, 0.2) is 48.5 Å². The van der Waals surface area contributed by atoms with Crippen molar-refractivity contribution in [3.05, 3.63) is 59.7 Å². The monoisotopic (exact) mass is 390 g/mol. The third-order valence-corrected chi connectivity index (χ3v) is 5.48. The molecule has 6 nitrogen and oxygen atoms in total. The van der Waals surface area contributed by atoms with E-state index < -0.39 is 10.0 Å². The van der Waals surface area contributed by atoms with Crippen LogP contribution in [-0.2, 0) is 21.2 Å². The van der Waals surface area contributed by atoms with Crippen LogP contribution in [0, 0.1) is 6.92 Å². The van der Waals surface area contributed by atoms with Crippen molar-refractivity contribution in [2.45, 2.75) is 19.8 Å². The summed E-state index contributed by atoms with van der Waals surface area (Å²) in [5, 5.41) is 2.80. The first kappa shape index (κ1) is 20.9. The first-order valence-electron chi connectivity index (χ1n) is 8.73. The molecule has 2 aromatic rings. The summed E-state index contributed by atoms with van der Waals surface area (Å²) in [6.45, 7) is 2.39. The summed E-state index contributed by atoms with van der Waals surface area (Å²) in [6.07, 6.45) is 1.83. The summed E-state index contributed by atoms with van der Waals surface area (Å²) in [5.41, 5.74) is 2.63. The summed E-state index contributed by atoms with van der Waals surface area (Å²) < 4.78 is 30.7. The molecule has 2 rings (SSSR count). The van der Waals surface area contributed by atoms with Crippen LogP contribution < -0.4 is 10.1 Å². The summed E-state index contributed by atoms with van der Waals surface area (Å²) in [4.78, 5) is 12.3. The zero-order valence-electron chi connectivity index (χ0n) is 15.9. The van der Waals surface area contributed by atoms with E-state index in [1.807, 2.05) is 49.4 Å². The molecule has 27 heavy (non-hydrogen) atoms. The van der Waals surface area contributed by atoms with Crippen LogP contribution in [0.5, 0.6) is 5.75 Å². The molecule has 0 aliphatic rings. The average Bonchev–Trinajstić information content (AvgIpc) is 2.61. The zero-order chi connectivity index (χ0) is 19.9. The normalized spacial score (nSPS) is 11.4. The number of methoxy groups -OCH3 is 1. The number of anilines is 1. The van der Waals surface area contributed by atoms with Gasteiger partial charge in [-0.15, -0.1) is 0 Å². The number of benzene rings is 2. The Hall–Kier alpha value is -2.38. The number of nitrogens with one attached hydrogen (secondary N) is 1. The molecular weight excluding hydrogens is 364 g/mol. The van der Waals surface area contributed by atoms with Gasteiger partial charge in [-0.25, -0.2) is 12.7 Å². The van der Waals surface area contributed by atoms with Crippen molar-refractivity contribution in [2.24, 2.45) is 0 Å². The van der Waals surface area contributed by atoms with E-state index in [9.17, 15) is 13.2 Å². The molecule has 0 aromatic heterocycles. The van der Waals surface area contributed by atoms with Gasteiger partial charge in [-0.2, -0.15) is 0 Å². The Morgan fingerprint density at radius 2 is 1.81 bits per heavy atom. The predicted octanol–water partition coefficient (Wildman–Crippen LogP) is 2.84. The van der Waals surface area contributed by atoms with Crippen molar-refractivity contribution < 1.29 is 17.9 Å². The Bertz CT molecular complexity index is 867. The molecule has 1 N–H and O–H groups in total. The molecule has 0 aliphatic heterocycles. The van der Waals surface area contributed by atoms with Crippen molar-refractivity contribution in [1.82, 2.24) is 4.31 Å². The Morgan fingerprint density at radius 1 is 1.11 bits per heavy atom. The standard InChI is InChI=1S/C20H26N2O4S/c1-16-9-10-19(26-2)18(15-16)21-20(23)12-14-22(27(3,24)25)13-11-17-7-5-4-6-8-17/h4-10,15H,11-14H2,1-3H3,(H,21,23). The minimum atomic E-state index is -3.39. The van der Waals surface area contributed by atoms with Crippen molar-refractivity contribution in [1.29, 1.82) is 0 Å². The maximum absolute atomic E-state index is 12.3. The SMILES string of the molecule is COc1ccc(C)cc1NC(=O)CCN(CCc1ccccc1)S(C)(=O)=O. The second-order valence-corrected chi connectivity index (χ2v) is 8.38. The van der Waals surface area contributed by atoms with Gasteiger partial charge < -0.3 is 10.1 Å². The van der Waals surface area contributed by atoms with E-state index >= 15 is 0 Å². The van der Waals surface area contributed by atoms with Gasteiger partial charge >= 0.3 is 0 Å². The largest absolute Gasteiger partial charge is 0.495 e. The number of hydrogen-bond acceptors (Lipinski definition) is 4. The molecule has 146 valence electrons.